The molecule has 1 aromatic rings. The van der Waals surface area contributed by atoms with E-state index in [1.54, 1.807) is 25.2 Å². The van der Waals surface area contributed by atoms with Crippen molar-refractivity contribution in [1.82, 2.24) is 0 Å². The van der Waals surface area contributed by atoms with E-state index in [1.807, 2.05) is 6.92 Å². The number of aromatic carboxylic acids is 1. The Labute approximate surface area is 71.0 Å². The maximum absolute atomic E-state index is 10.6. The van der Waals surface area contributed by atoms with Crippen LogP contribution in [0.1, 0.15) is 15.9 Å². The number of carboxylic acids is 1. The van der Waals surface area contributed by atoms with Crippen LogP contribution in [0.2, 0.25) is 0 Å². The van der Waals surface area contributed by atoms with Crippen LogP contribution >= 0.6 is 0 Å². The average Bonchev–Trinajstić information content (AvgIpc) is 2.05. The molecule has 0 aliphatic carbocycles. The summed E-state index contributed by atoms with van der Waals surface area (Å²) in [5.74, 6) is -0.897. The number of nitrogens with one attached hydrogen (secondary N) is 1. The number of aryl methyl sites for hydroxylation is 1. The molecule has 0 bridgehead atoms. The zero-order valence-corrected chi connectivity index (χ0v) is 7.09. The number of rotatable bonds is 2. The zero-order valence-electron chi connectivity index (χ0n) is 7.09. The maximum atomic E-state index is 10.6. The van der Waals surface area contributed by atoms with Crippen molar-refractivity contribution >= 4 is 11.7 Å². The fraction of sp³-hybridized carbons (Fsp3) is 0.222. The lowest BCUT2D eigenvalue weighted by molar-refractivity contribution is 0.0697. The van der Waals surface area contributed by atoms with E-state index in [9.17, 15) is 4.79 Å². The van der Waals surface area contributed by atoms with Crippen LogP contribution in [-0.2, 0) is 0 Å². The summed E-state index contributed by atoms with van der Waals surface area (Å²) >= 11 is 0. The second kappa shape index (κ2) is 3.26. The molecule has 1 aromatic carbocycles. The highest BCUT2D eigenvalue weighted by molar-refractivity contribution is 5.89. The Morgan fingerprint density at radius 2 is 2.17 bits per heavy atom. The van der Waals surface area contributed by atoms with Crippen LogP contribution in [0.15, 0.2) is 18.2 Å². The first-order valence-electron chi connectivity index (χ1n) is 3.67. The van der Waals surface area contributed by atoms with Crippen LogP contribution in [0.5, 0.6) is 0 Å². The predicted molar refractivity (Wildman–Crippen MR) is 47.7 cm³/mol. The van der Waals surface area contributed by atoms with E-state index in [1.165, 1.54) is 0 Å². The molecule has 0 heterocycles. The monoisotopic (exact) mass is 165 g/mol. The quantitative estimate of drug-likeness (QED) is 0.701. The van der Waals surface area contributed by atoms with Crippen molar-refractivity contribution in [2.45, 2.75) is 6.92 Å². The van der Waals surface area contributed by atoms with Gasteiger partial charge in [-0.1, -0.05) is 6.07 Å². The molecule has 0 amide bonds. The highest BCUT2D eigenvalue weighted by Crippen LogP contribution is 2.15. The minimum atomic E-state index is -0.897. The smallest absolute Gasteiger partial charge is 0.335 e. The van der Waals surface area contributed by atoms with Gasteiger partial charge in [0.2, 0.25) is 0 Å². The van der Waals surface area contributed by atoms with Crippen LogP contribution in [0, 0.1) is 6.92 Å². The molecule has 3 heteroatoms. The Bertz CT molecular complexity index is 307. The van der Waals surface area contributed by atoms with Crippen molar-refractivity contribution in [3.05, 3.63) is 29.3 Å². The summed E-state index contributed by atoms with van der Waals surface area (Å²) in [6.45, 7) is 1.93. The molecular formula is C9H11NO2. The molecule has 0 unspecified atom stereocenters. The van der Waals surface area contributed by atoms with E-state index in [0.29, 0.717) is 5.56 Å². The topological polar surface area (TPSA) is 49.3 Å². The largest absolute Gasteiger partial charge is 0.478 e. The Morgan fingerprint density at radius 3 is 2.67 bits per heavy atom. The van der Waals surface area contributed by atoms with Crippen molar-refractivity contribution in [3.63, 3.8) is 0 Å². The van der Waals surface area contributed by atoms with Gasteiger partial charge in [0.1, 0.15) is 0 Å². The number of carboxylic acid groups (broad SMARTS) is 1. The molecule has 0 saturated carbocycles. The van der Waals surface area contributed by atoms with E-state index in [4.69, 9.17) is 5.11 Å². The number of hydrogen-bond donors (Lipinski definition) is 2. The molecule has 0 aliphatic heterocycles. The molecule has 0 spiro atoms. The third-order valence-corrected chi connectivity index (χ3v) is 1.75. The maximum Gasteiger partial charge on any atom is 0.335 e. The zero-order chi connectivity index (χ0) is 9.14. The van der Waals surface area contributed by atoms with Gasteiger partial charge < -0.3 is 10.4 Å². The van der Waals surface area contributed by atoms with Crippen LogP contribution in [0.3, 0.4) is 0 Å². The van der Waals surface area contributed by atoms with E-state index < -0.39 is 5.97 Å². The van der Waals surface area contributed by atoms with Crippen molar-refractivity contribution in [1.29, 1.82) is 0 Å². The second-order valence-electron chi connectivity index (χ2n) is 2.58. The summed E-state index contributed by atoms with van der Waals surface area (Å²) in [5.41, 5.74) is 2.21. The Morgan fingerprint density at radius 1 is 1.50 bits per heavy atom. The highest BCUT2D eigenvalue weighted by atomic mass is 16.4. The predicted octanol–water partition coefficient (Wildman–Crippen LogP) is 1.73. The molecule has 0 saturated heterocycles. The Hall–Kier alpha value is -1.51. The standard InChI is InChI=1S/C9H11NO2/c1-6-3-4-7(9(11)12)5-8(6)10-2/h3-5,10H,1-2H3,(H,11,12). The van der Waals surface area contributed by atoms with Crippen molar-refractivity contribution in [2.24, 2.45) is 0 Å². The number of benzene rings is 1. The van der Waals surface area contributed by atoms with E-state index in [0.717, 1.165) is 11.3 Å². The first kappa shape index (κ1) is 8.59. The van der Waals surface area contributed by atoms with Crippen LogP contribution in [0.4, 0.5) is 5.69 Å². The van der Waals surface area contributed by atoms with Gasteiger partial charge in [-0.25, -0.2) is 4.79 Å². The van der Waals surface area contributed by atoms with Gasteiger partial charge in [0.25, 0.3) is 0 Å². The van der Waals surface area contributed by atoms with Gasteiger partial charge in [0.05, 0.1) is 5.56 Å². The minimum absolute atomic E-state index is 0.310. The van der Waals surface area contributed by atoms with Gasteiger partial charge in [-0.3, -0.25) is 0 Å². The summed E-state index contributed by atoms with van der Waals surface area (Å²) in [6, 6.07) is 5.01. The van der Waals surface area contributed by atoms with Crippen LogP contribution in [-0.4, -0.2) is 18.1 Å². The summed E-state index contributed by atoms with van der Waals surface area (Å²) < 4.78 is 0. The Kier molecular flexibility index (Phi) is 2.33. The fourth-order valence-electron chi connectivity index (χ4n) is 1.02. The van der Waals surface area contributed by atoms with Crippen molar-refractivity contribution in [2.75, 3.05) is 12.4 Å². The first-order valence-corrected chi connectivity index (χ1v) is 3.67. The normalized spacial score (nSPS) is 9.50. The van der Waals surface area contributed by atoms with E-state index in [2.05, 4.69) is 5.32 Å². The fourth-order valence-corrected chi connectivity index (χ4v) is 1.02. The molecular weight excluding hydrogens is 154 g/mol. The summed E-state index contributed by atoms with van der Waals surface area (Å²) in [5, 5.41) is 11.6. The number of hydrogen-bond acceptors (Lipinski definition) is 2. The molecule has 3 nitrogen and oxygen atoms in total. The average molecular weight is 165 g/mol. The van der Waals surface area contributed by atoms with Crippen molar-refractivity contribution in [3.8, 4) is 0 Å². The lowest BCUT2D eigenvalue weighted by Gasteiger charge is -2.04. The molecule has 1 rings (SSSR count). The SMILES string of the molecule is CNc1cc(C(=O)O)ccc1C. The molecule has 12 heavy (non-hydrogen) atoms. The molecule has 0 atom stereocenters. The second-order valence-corrected chi connectivity index (χ2v) is 2.58. The number of carbonyl (C=O) groups is 1. The summed E-state index contributed by atoms with van der Waals surface area (Å²) in [7, 11) is 1.77. The molecule has 0 radical (unpaired) electrons. The molecule has 0 fully saturated rings. The van der Waals surface area contributed by atoms with E-state index >= 15 is 0 Å². The lowest BCUT2D eigenvalue weighted by atomic mass is 10.1. The molecule has 2 N–H and O–H groups in total. The van der Waals surface area contributed by atoms with E-state index in [-0.39, 0.29) is 0 Å². The summed E-state index contributed by atoms with van der Waals surface area (Å²) in [4.78, 5) is 10.6. The molecule has 0 aliphatic rings. The van der Waals surface area contributed by atoms with Gasteiger partial charge in [-0.15, -0.1) is 0 Å². The molecule has 0 aromatic heterocycles. The third kappa shape index (κ3) is 1.56. The Balaban J connectivity index is 3.13. The van der Waals surface area contributed by atoms with Gasteiger partial charge in [-0.05, 0) is 24.6 Å². The summed E-state index contributed by atoms with van der Waals surface area (Å²) in [6.07, 6.45) is 0. The van der Waals surface area contributed by atoms with Gasteiger partial charge >= 0.3 is 5.97 Å². The minimum Gasteiger partial charge on any atom is -0.478 e. The van der Waals surface area contributed by atoms with Crippen molar-refractivity contribution < 1.29 is 9.90 Å². The lowest BCUT2D eigenvalue weighted by Crippen LogP contribution is -1.99. The molecule has 64 valence electrons. The van der Waals surface area contributed by atoms with Gasteiger partial charge in [-0.2, -0.15) is 0 Å². The van der Waals surface area contributed by atoms with Crippen LogP contribution < -0.4 is 5.32 Å². The van der Waals surface area contributed by atoms with Gasteiger partial charge in [0.15, 0.2) is 0 Å². The third-order valence-electron chi connectivity index (χ3n) is 1.75. The number of anilines is 1. The highest BCUT2D eigenvalue weighted by Gasteiger charge is 2.03. The first-order chi connectivity index (χ1) is 5.65. The van der Waals surface area contributed by atoms with Crippen LogP contribution in [0.25, 0.3) is 0 Å². The van der Waals surface area contributed by atoms with Gasteiger partial charge in [0, 0.05) is 12.7 Å².